The lowest BCUT2D eigenvalue weighted by Crippen LogP contribution is -2.15. The van der Waals surface area contributed by atoms with Crippen LogP contribution in [0.4, 0.5) is 10.1 Å². The highest BCUT2D eigenvalue weighted by Crippen LogP contribution is 2.13. The molecule has 0 aliphatic carbocycles. The van der Waals surface area contributed by atoms with Crippen LogP contribution in [0.2, 0.25) is 0 Å². The van der Waals surface area contributed by atoms with E-state index in [1.165, 1.54) is 18.6 Å². The first-order valence-electron chi connectivity index (χ1n) is 5.60. The highest BCUT2D eigenvalue weighted by Gasteiger charge is 2.03. The van der Waals surface area contributed by atoms with Crippen molar-refractivity contribution in [3.05, 3.63) is 30.1 Å². The van der Waals surface area contributed by atoms with Crippen LogP contribution in [0.1, 0.15) is 33.6 Å². The van der Waals surface area contributed by atoms with Crippen molar-refractivity contribution in [1.82, 2.24) is 0 Å². The van der Waals surface area contributed by atoms with Gasteiger partial charge in [0.2, 0.25) is 0 Å². The Balaban J connectivity index is 2.37. The maximum atomic E-state index is 12.7. The summed E-state index contributed by atoms with van der Waals surface area (Å²) in [5.41, 5.74) is 0.993. The van der Waals surface area contributed by atoms with Crippen LogP contribution in [0.5, 0.6) is 0 Å². The quantitative estimate of drug-likeness (QED) is 0.771. The Morgan fingerprint density at radius 3 is 2.20 bits per heavy atom. The molecule has 0 bridgehead atoms. The second-order valence-electron chi connectivity index (χ2n) is 4.52. The van der Waals surface area contributed by atoms with Crippen molar-refractivity contribution in [2.45, 2.75) is 39.7 Å². The molecule has 84 valence electrons. The van der Waals surface area contributed by atoms with Gasteiger partial charge in [0, 0.05) is 11.7 Å². The van der Waals surface area contributed by atoms with E-state index in [0.717, 1.165) is 18.0 Å². The lowest BCUT2D eigenvalue weighted by molar-refractivity contribution is 0.527. The average molecular weight is 209 g/mol. The number of rotatable bonds is 5. The topological polar surface area (TPSA) is 12.0 Å². The minimum atomic E-state index is -0.185. The minimum absolute atomic E-state index is 0.185. The first-order valence-corrected chi connectivity index (χ1v) is 5.60. The Morgan fingerprint density at radius 1 is 1.07 bits per heavy atom. The van der Waals surface area contributed by atoms with Crippen LogP contribution in [0, 0.1) is 11.7 Å². The van der Waals surface area contributed by atoms with Gasteiger partial charge in [-0.05, 0) is 49.9 Å². The third kappa shape index (κ3) is 4.82. The van der Waals surface area contributed by atoms with Crippen molar-refractivity contribution in [1.29, 1.82) is 0 Å². The Morgan fingerprint density at radius 2 is 1.67 bits per heavy atom. The van der Waals surface area contributed by atoms with Crippen molar-refractivity contribution < 1.29 is 4.39 Å². The highest BCUT2D eigenvalue weighted by molar-refractivity contribution is 5.43. The minimum Gasteiger partial charge on any atom is -0.383 e. The molecule has 0 aliphatic rings. The zero-order chi connectivity index (χ0) is 11.3. The Bertz CT molecular complexity index is 279. The molecule has 0 heterocycles. The molecular weight excluding hydrogens is 189 g/mol. The number of nitrogens with one attached hydrogen (secondary N) is 1. The van der Waals surface area contributed by atoms with Gasteiger partial charge in [-0.25, -0.2) is 4.39 Å². The van der Waals surface area contributed by atoms with Crippen molar-refractivity contribution in [2.24, 2.45) is 5.92 Å². The summed E-state index contributed by atoms with van der Waals surface area (Å²) in [5, 5.41) is 3.36. The molecule has 1 unspecified atom stereocenters. The van der Waals surface area contributed by atoms with E-state index in [4.69, 9.17) is 0 Å². The molecule has 0 amide bonds. The molecule has 0 saturated heterocycles. The predicted octanol–water partition coefficient (Wildman–Crippen LogP) is 4.06. The molecule has 0 aromatic heterocycles. The molecule has 1 rings (SSSR count). The average Bonchev–Trinajstić information content (AvgIpc) is 2.19. The zero-order valence-electron chi connectivity index (χ0n) is 9.76. The third-order valence-electron chi connectivity index (χ3n) is 2.43. The van der Waals surface area contributed by atoms with E-state index in [2.05, 4.69) is 26.1 Å². The maximum absolute atomic E-state index is 12.7. The maximum Gasteiger partial charge on any atom is 0.123 e. The van der Waals surface area contributed by atoms with Gasteiger partial charge in [0.05, 0.1) is 0 Å². The van der Waals surface area contributed by atoms with Gasteiger partial charge in [0.1, 0.15) is 5.82 Å². The van der Waals surface area contributed by atoms with E-state index in [1.807, 2.05) is 0 Å². The van der Waals surface area contributed by atoms with E-state index >= 15 is 0 Å². The van der Waals surface area contributed by atoms with Crippen LogP contribution in [0.25, 0.3) is 0 Å². The summed E-state index contributed by atoms with van der Waals surface area (Å²) in [4.78, 5) is 0. The molecule has 0 radical (unpaired) electrons. The third-order valence-corrected chi connectivity index (χ3v) is 2.43. The predicted molar refractivity (Wildman–Crippen MR) is 63.6 cm³/mol. The van der Waals surface area contributed by atoms with Crippen LogP contribution < -0.4 is 5.32 Å². The van der Waals surface area contributed by atoms with Gasteiger partial charge in [0.25, 0.3) is 0 Å². The normalized spacial score (nSPS) is 12.9. The van der Waals surface area contributed by atoms with Gasteiger partial charge in [-0.15, -0.1) is 0 Å². The zero-order valence-corrected chi connectivity index (χ0v) is 9.76. The molecule has 0 saturated carbocycles. The highest BCUT2D eigenvalue weighted by atomic mass is 19.1. The van der Waals surface area contributed by atoms with Crippen molar-refractivity contribution in [3.8, 4) is 0 Å². The summed E-state index contributed by atoms with van der Waals surface area (Å²) < 4.78 is 12.7. The van der Waals surface area contributed by atoms with Gasteiger partial charge >= 0.3 is 0 Å². The Kier molecular flexibility index (Phi) is 4.60. The molecule has 1 aromatic rings. The lowest BCUT2D eigenvalue weighted by atomic mass is 10.0. The second-order valence-corrected chi connectivity index (χ2v) is 4.52. The number of benzene rings is 1. The Hall–Kier alpha value is -1.05. The van der Waals surface area contributed by atoms with E-state index in [1.54, 1.807) is 12.1 Å². The van der Waals surface area contributed by atoms with E-state index in [9.17, 15) is 4.39 Å². The van der Waals surface area contributed by atoms with E-state index < -0.39 is 0 Å². The fraction of sp³-hybridized carbons (Fsp3) is 0.538. The van der Waals surface area contributed by atoms with E-state index in [0.29, 0.717) is 6.04 Å². The van der Waals surface area contributed by atoms with E-state index in [-0.39, 0.29) is 5.82 Å². The summed E-state index contributed by atoms with van der Waals surface area (Å²) in [7, 11) is 0. The number of anilines is 1. The largest absolute Gasteiger partial charge is 0.383 e. The molecular formula is C13H20FN. The monoisotopic (exact) mass is 209 g/mol. The number of halogens is 1. The smallest absolute Gasteiger partial charge is 0.123 e. The molecule has 1 aromatic carbocycles. The Labute approximate surface area is 91.7 Å². The fourth-order valence-electron chi connectivity index (χ4n) is 1.49. The van der Waals surface area contributed by atoms with Gasteiger partial charge in [-0.3, -0.25) is 0 Å². The van der Waals surface area contributed by atoms with Gasteiger partial charge in [0.15, 0.2) is 0 Å². The van der Waals surface area contributed by atoms with Crippen LogP contribution >= 0.6 is 0 Å². The van der Waals surface area contributed by atoms with Crippen LogP contribution in [0.15, 0.2) is 24.3 Å². The first kappa shape index (κ1) is 12.0. The molecule has 1 atom stereocenters. The first-order chi connectivity index (χ1) is 7.08. The molecule has 15 heavy (non-hydrogen) atoms. The molecule has 0 aliphatic heterocycles. The SMILES string of the molecule is CC(C)CCC(C)Nc1ccc(F)cc1. The summed E-state index contributed by atoms with van der Waals surface area (Å²) in [6, 6.07) is 6.97. The van der Waals surface area contributed by atoms with Gasteiger partial charge in [-0.1, -0.05) is 13.8 Å². The standard InChI is InChI=1S/C13H20FN/c1-10(2)4-5-11(3)15-13-8-6-12(14)7-9-13/h6-11,15H,4-5H2,1-3H3. The molecule has 1 N–H and O–H groups in total. The molecule has 1 nitrogen and oxygen atoms in total. The number of hydrogen-bond acceptors (Lipinski definition) is 1. The molecule has 2 heteroatoms. The van der Waals surface area contributed by atoms with Crippen molar-refractivity contribution >= 4 is 5.69 Å². The van der Waals surface area contributed by atoms with Crippen LogP contribution in [0.3, 0.4) is 0 Å². The molecule has 0 fully saturated rings. The molecule has 0 spiro atoms. The second kappa shape index (κ2) is 5.74. The summed E-state index contributed by atoms with van der Waals surface area (Å²) in [6.45, 7) is 6.61. The van der Waals surface area contributed by atoms with Crippen molar-refractivity contribution in [2.75, 3.05) is 5.32 Å². The number of hydrogen-bond donors (Lipinski definition) is 1. The summed E-state index contributed by atoms with van der Waals surface area (Å²) >= 11 is 0. The van der Waals surface area contributed by atoms with Crippen molar-refractivity contribution in [3.63, 3.8) is 0 Å². The summed E-state index contributed by atoms with van der Waals surface area (Å²) in [6.07, 6.45) is 2.37. The van der Waals surface area contributed by atoms with Gasteiger partial charge in [-0.2, -0.15) is 0 Å². The lowest BCUT2D eigenvalue weighted by Gasteiger charge is -2.16. The van der Waals surface area contributed by atoms with Gasteiger partial charge < -0.3 is 5.32 Å². The van der Waals surface area contributed by atoms with Crippen LogP contribution in [-0.2, 0) is 0 Å². The van der Waals surface area contributed by atoms with Crippen LogP contribution in [-0.4, -0.2) is 6.04 Å². The summed E-state index contributed by atoms with van der Waals surface area (Å²) in [5.74, 6) is 0.554. The fourth-order valence-corrected chi connectivity index (χ4v) is 1.49.